The zero-order chi connectivity index (χ0) is 17.6. The second kappa shape index (κ2) is 7.98. The molecule has 0 aliphatic carbocycles. The average Bonchev–Trinajstić information content (AvgIpc) is 3.00. The third-order valence-corrected chi connectivity index (χ3v) is 4.36. The molecule has 3 rings (SSSR count). The van der Waals surface area contributed by atoms with Crippen molar-refractivity contribution in [3.63, 3.8) is 0 Å². The van der Waals surface area contributed by atoms with Crippen LogP contribution in [0, 0.1) is 0 Å². The van der Waals surface area contributed by atoms with Crippen molar-refractivity contribution >= 4 is 44.3 Å². The minimum Gasteiger partial charge on any atom is -0.361 e. The lowest BCUT2D eigenvalue weighted by atomic mass is 10.1. The fourth-order valence-corrected chi connectivity index (χ4v) is 2.85. The molecule has 25 heavy (non-hydrogen) atoms. The van der Waals surface area contributed by atoms with Crippen LogP contribution in [0.15, 0.2) is 59.2 Å². The highest BCUT2D eigenvalue weighted by Gasteiger charge is 2.09. The van der Waals surface area contributed by atoms with Crippen LogP contribution in [0.25, 0.3) is 10.9 Å². The van der Waals surface area contributed by atoms with Gasteiger partial charge in [0.15, 0.2) is 0 Å². The number of para-hydroxylation sites is 1. The number of nitrogens with one attached hydrogen (secondary N) is 3. The quantitative estimate of drug-likeness (QED) is 0.591. The van der Waals surface area contributed by atoms with Crippen molar-refractivity contribution in [2.45, 2.75) is 12.8 Å². The topological polar surface area (TPSA) is 74.0 Å². The number of rotatable bonds is 6. The molecule has 1 aromatic heterocycles. The number of hydrogen-bond donors (Lipinski definition) is 3. The van der Waals surface area contributed by atoms with Gasteiger partial charge in [0.25, 0.3) is 0 Å². The average molecular weight is 400 g/mol. The number of benzene rings is 2. The van der Waals surface area contributed by atoms with Gasteiger partial charge >= 0.3 is 0 Å². The Morgan fingerprint density at radius 2 is 1.76 bits per heavy atom. The molecule has 3 N–H and O–H groups in total. The standard InChI is InChI=1S/C19H18BrN3O2/c20-14-5-7-15(8-6-14)23-18(24)9-10-21-19(25)11-13-12-22-17-4-2-1-3-16(13)17/h1-8,12,22H,9-11H2,(H,21,25)(H,23,24). The minimum atomic E-state index is -0.130. The van der Waals surface area contributed by atoms with E-state index < -0.39 is 0 Å². The second-order valence-electron chi connectivity index (χ2n) is 5.69. The molecule has 0 radical (unpaired) electrons. The van der Waals surface area contributed by atoms with Crippen molar-refractivity contribution < 1.29 is 9.59 Å². The van der Waals surface area contributed by atoms with E-state index in [2.05, 4.69) is 31.5 Å². The first-order valence-corrected chi connectivity index (χ1v) is 8.78. The van der Waals surface area contributed by atoms with Crippen molar-refractivity contribution in [1.82, 2.24) is 10.3 Å². The van der Waals surface area contributed by atoms with Crippen LogP contribution in [0.1, 0.15) is 12.0 Å². The molecule has 0 saturated carbocycles. The van der Waals surface area contributed by atoms with E-state index in [0.29, 0.717) is 13.0 Å². The first kappa shape index (κ1) is 17.2. The van der Waals surface area contributed by atoms with Gasteiger partial charge in [0.05, 0.1) is 6.42 Å². The van der Waals surface area contributed by atoms with Crippen LogP contribution in [-0.2, 0) is 16.0 Å². The molecule has 2 amide bonds. The van der Waals surface area contributed by atoms with Gasteiger partial charge in [-0.05, 0) is 35.9 Å². The van der Waals surface area contributed by atoms with Crippen LogP contribution in [0.3, 0.4) is 0 Å². The minimum absolute atomic E-state index is 0.0961. The largest absolute Gasteiger partial charge is 0.361 e. The van der Waals surface area contributed by atoms with Crippen LogP contribution in [0.2, 0.25) is 0 Å². The summed E-state index contributed by atoms with van der Waals surface area (Å²) >= 11 is 3.35. The van der Waals surface area contributed by atoms with E-state index >= 15 is 0 Å². The van der Waals surface area contributed by atoms with E-state index in [1.165, 1.54) is 0 Å². The van der Waals surface area contributed by atoms with Gasteiger partial charge in [0.1, 0.15) is 0 Å². The number of hydrogen-bond acceptors (Lipinski definition) is 2. The van der Waals surface area contributed by atoms with Crippen LogP contribution >= 0.6 is 15.9 Å². The van der Waals surface area contributed by atoms with Crippen molar-refractivity contribution in [2.24, 2.45) is 0 Å². The van der Waals surface area contributed by atoms with Gasteiger partial charge in [-0.1, -0.05) is 34.1 Å². The summed E-state index contributed by atoms with van der Waals surface area (Å²) < 4.78 is 0.954. The Labute approximate surface area is 153 Å². The molecule has 128 valence electrons. The van der Waals surface area contributed by atoms with Crippen molar-refractivity contribution in [2.75, 3.05) is 11.9 Å². The molecule has 0 unspecified atom stereocenters. The first-order valence-electron chi connectivity index (χ1n) is 7.99. The SMILES string of the molecule is O=C(Cc1c[nH]c2ccccc12)NCCC(=O)Nc1ccc(Br)cc1. The third kappa shape index (κ3) is 4.70. The molecule has 0 spiro atoms. The van der Waals surface area contributed by atoms with Crippen LogP contribution < -0.4 is 10.6 Å². The molecule has 3 aromatic rings. The molecular formula is C19H18BrN3O2. The predicted molar refractivity (Wildman–Crippen MR) is 102 cm³/mol. The van der Waals surface area contributed by atoms with Gasteiger partial charge in [-0.3, -0.25) is 9.59 Å². The number of halogens is 1. The molecule has 5 nitrogen and oxygen atoms in total. The smallest absolute Gasteiger partial charge is 0.226 e. The van der Waals surface area contributed by atoms with Gasteiger partial charge < -0.3 is 15.6 Å². The Kier molecular flexibility index (Phi) is 5.50. The van der Waals surface area contributed by atoms with Crippen LogP contribution in [0.4, 0.5) is 5.69 Å². The maximum Gasteiger partial charge on any atom is 0.226 e. The summed E-state index contributed by atoms with van der Waals surface area (Å²) in [5.41, 5.74) is 2.70. The Bertz CT molecular complexity index is 887. The summed E-state index contributed by atoms with van der Waals surface area (Å²) in [6.45, 7) is 0.309. The number of aromatic nitrogens is 1. The molecule has 0 atom stereocenters. The van der Waals surface area contributed by atoms with Crippen LogP contribution in [-0.4, -0.2) is 23.3 Å². The van der Waals surface area contributed by atoms with Gasteiger partial charge in [-0.15, -0.1) is 0 Å². The summed E-state index contributed by atoms with van der Waals surface area (Å²) in [6.07, 6.45) is 2.37. The lowest BCUT2D eigenvalue weighted by Crippen LogP contribution is -2.28. The Morgan fingerprint density at radius 1 is 1.00 bits per heavy atom. The Balaban J connectivity index is 1.44. The summed E-state index contributed by atoms with van der Waals surface area (Å²) in [6, 6.07) is 15.2. The highest BCUT2D eigenvalue weighted by molar-refractivity contribution is 9.10. The maximum absolute atomic E-state index is 12.1. The second-order valence-corrected chi connectivity index (χ2v) is 6.61. The molecule has 0 aliphatic heterocycles. The lowest BCUT2D eigenvalue weighted by molar-refractivity contribution is -0.120. The van der Waals surface area contributed by atoms with E-state index in [9.17, 15) is 9.59 Å². The van der Waals surface area contributed by atoms with Gasteiger partial charge in [0.2, 0.25) is 11.8 Å². The number of carbonyl (C=O) groups excluding carboxylic acids is 2. The van der Waals surface area contributed by atoms with E-state index in [1.54, 1.807) is 0 Å². The Morgan fingerprint density at radius 3 is 2.56 bits per heavy atom. The van der Waals surface area contributed by atoms with Crippen molar-refractivity contribution in [1.29, 1.82) is 0 Å². The van der Waals surface area contributed by atoms with Gasteiger partial charge in [-0.25, -0.2) is 0 Å². The summed E-state index contributed by atoms with van der Waals surface area (Å²) in [7, 11) is 0. The van der Waals surface area contributed by atoms with Crippen LogP contribution in [0.5, 0.6) is 0 Å². The van der Waals surface area contributed by atoms with E-state index in [1.807, 2.05) is 54.7 Å². The molecule has 1 heterocycles. The molecule has 6 heteroatoms. The monoisotopic (exact) mass is 399 g/mol. The zero-order valence-corrected chi connectivity index (χ0v) is 15.1. The Hall–Kier alpha value is -2.60. The van der Waals surface area contributed by atoms with Crippen molar-refractivity contribution in [3.8, 4) is 0 Å². The molecule has 0 fully saturated rings. The summed E-state index contributed by atoms with van der Waals surface area (Å²) in [5.74, 6) is -0.226. The van der Waals surface area contributed by atoms with E-state index in [4.69, 9.17) is 0 Å². The lowest BCUT2D eigenvalue weighted by Gasteiger charge is -2.07. The van der Waals surface area contributed by atoms with Crippen molar-refractivity contribution in [3.05, 3.63) is 64.8 Å². The molecule has 2 aromatic carbocycles. The molecule has 0 saturated heterocycles. The number of anilines is 1. The van der Waals surface area contributed by atoms with Gasteiger partial charge in [0, 0.05) is 40.2 Å². The molecular weight excluding hydrogens is 382 g/mol. The number of carbonyl (C=O) groups is 2. The fraction of sp³-hybridized carbons (Fsp3) is 0.158. The highest BCUT2D eigenvalue weighted by Crippen LogP contribution is 2.18. The first-order chi connectivity index (χ1) is 12.1. The highest BCUT2D eigenvalue weighted by atomic mass is 79.9. The predicted octanol–water partition coefficient (Wildman–Crippen LogP) is 3.62. The van der Waals surface area contributed by atoms with E-state index in [0.717, 1.165) is 26.6 Å². The number of fused-ring (bicyclic) bond motifs is 1. The summed E-state index contributed by atoms with van der Waals surface area (Å²) in [5, 5.41) is 6.63. The normalized spacial score (nSPS) is 10.6. The maximum atomic E-state index is 12.1. The summed E-state index contributed by atoms with van der Waals surface area (Å²) in [4.78, 5) is 27.1. The number of amides is 2. The fourth-order valence-electron chi connectivity index (χ4n) is 2.59. The third-order valence-electron chi connectivity index (χ3n) is 3.83. The molecule has 0 aliphatic rings. The van der Waals surface area contributed by atoms with Gasteiger partial charge in [-0.2, -0.15) is 0 Å². The number of H-pyrrole nitrogens is 1. The zero-order valence-electron chi connectivity index (χ0n) is 13.5. The van der Waals surface area contributed by atoms with E-state index in [-0.39, 0.29) is 18.2 Å². The number of aromatic amines is 1. The molecule has 0 bridgehead atoms.